The fourth-order valence-electron chi connectivity index (χ4n) is 5.31. The van der Waals surface area contributed by atoms with Crippen molar-refractivity contribution in [3.05, 3.63) is 59.7 Å². The van der Waals surface area contributed by atoms with Crippen molar-refractivity contribution in [3.8, 4) is 0 Å². The van der Waals surface area contributed by atoms with Crippen LogP contribution in [0.25, 0.3) is 0 Å². The molecule has 2 aromatic rings. The molecule has 2 aromatic carbocycles. The number of amides is 3. The summed E-state index contributed by atoms with van der Waals surface area (Å²) in [4.78, 5) is 52.8. The van der Waals surface area contributed by atoms with E-state index in [1.165, 1.54) is 0 Å². The van der Waals surface area contributed by atoms with Gasteiger partial charge in [-0.15, -0.1) is 0 Å². The van der Waals surface area contributed by atoms with Crippen LogP contribution in [0.15, 0.2) is 48.5 Å². The Kier molecular flexibility index (Phi) is 4.23. The SMILES string of the molecule is Cc1cccc(N2C(=O)C3C(CCC(=O)O)NC4(C(=O)Nc5ccccc54)C3C2=O)c1. The number of anilines is 2. The smallest absolute Gasteiger partial charge is 0.303 e. The number of para-hydroxylation sites is 1. The average molecular weight is 419 g/mol. The van der Waals surface area contributed by atoms with Gasteiger partial charge in [-0.2, -0.15) is 0 Å². The zero-order valence-corrected chi connectivity index (χ0v) is 16.8. The Labute approximate surface area is 178 Å². The minimum Gasteiger partial charge on any atom is -0.481 e. The maximum Gasteiger partial charge on any atom is 0.303 e. The number of fused-ring (bicyclic) bond motifs is 4. The minimum atomic E-state index is -1.41. The highest BCUT2D eigenvalue weighted by molar-refractivity contribution is 6.25. The van der Waals surface area contributed by atoms with Crippen LogP contribution < -0.4 is 15.5 Å². The third-order valence-corrected chi connectivity index (χ3v) is 6.55. The van der Waals surface area contributed by atoms with Gasteiger partial charge in [0.1, 0.15) is 5.54 Å². The fourth-order valence-corrected chi connectivity index (χ4v) is 5.31. The lowest BCUT2D eigenvalue weighted by Gasteiger charge is -2.29. The Balaban J connectivity index is 1.65. The monoisotopic (exact) mass is 419 g/mol. The summed E-state index contributed by atoms with van der Waals surface area (Å²) in [5, 5.41) is 15.2. The van der Waals surface area contributed by atoms with Crippen molar-refractivity contribution >= 4 is 35.1 Å². The van der Waals surface area contributed by atoms with Crippen molar-refractivity contribution in [2.24, 2.45) is 11.8 Å². The van der Waals surface area contributed by atoms with Gasteiger partial charge in [0.25, 0.3) is 0 Å². The molecule has 5 rings (SSSR count). The summed E-state index contributed by atoms with van der Waals surface area (Å²) in [6, 6.07) is 13.6. The minimum absolute atomic E-state index is 0.133. The number of imide groups is 1. The maximum atomic E-state index is 13.7. The first kappa shape index (κ1) is 19.4. The van der Waals surface area contributed by atoms with E-state index < -0.39 is 47.1 Å². The second-order valence-corrected chi connectivity index (χ2v) is 8.35. The van der Waals surface area contributed by atoms with Crippen LogP contribution in [-0.2, 0) is 24.7 Å². The first-order valence-electron chi connectivity index (χ1n) is 10.2. The molecule has 2 saturated heterocycles. The van der Waals surface area contributed by atoms with Gasteiger partial charge in [0.05, 0.1) is 17.5 Å². The first-order valence-corrected chi connectivity index (χ1v) is 10.2. The lowest BCUT2D eigenvalue weighted by Crippen LogP contribution is -2.53. The number of hydrogen-bond donors (Lipinski definition) is 3. The molecular weight excluding hydrogens is 398 g/mol. The van der Waals surface area contributed by atoms with E-state index in [0.29, 0.717) is 16.9 Å². The highest BCUT2D eigenvalue weighted by Crippen LogP contribution is 2.54. The van der Waals surface area contributed by atoms with E-state index in [1.54, 1.807) is 42.5 Å². The molecule has 0 bridgehead atoms. The largest absolute Gasteiger partial charge is 0.481 e. The number of carboxylic acids is 1. The topological polar surface area (TPSA) is 116 Å². The third-order valence-electron chi connectivity index (χ3n) is 6.55. The number of aliphatic carboxylic acids is 1. The zero-order valence-electron chi connectivity index (χ0n) is 16.8. The standard InChI is InChI=1S/C23H21N3O5/c1-12-5-4-6-13(11-12)26-20(29)18-16(9-10-17(27)28)25-23(19(18)21(26)30)14-7-2-3-8-15(14)24-22(23)31/h2-8,11,16,18-19,25H,9-10H2,1H3,(H,24,31)(H,27,28). The van der Waals surface area contributed by atoms with Crippen LogP contribution in [0.1, 0.15) is 24.0 Å². The van der Waals surface area contributed by atoms with Crippen molar-refractivity contribution in [2.75, 3.05) is 10.2 Å². The lowest BCUT2D eigenvalue weighted by atomic mass is 9.76. The highest BCUT2D eigenvalue weighted by atomic mass is 16.4. The summed E-state index contributed by atoms with van der Waals surface area (Å²) in [6.07, 6.45) is -0.0411. The van der Waals surface area contributed by atoms with E-state index in [4.69, 9.17) is 0 Å². The number of aryl methyl sites for hydroxylation is 1. The van der Waals surface area contributed by atoms with Gasteiger partial charge in [0, 0.05) is 23.7 Å². The molecule has 8 heteroatoms. The van der Waals surface area contributed by atoms with Gasteiger partial charge in [-0.1, -0.05) is 30.3 Å². The van der Waals surface area contributed by atoms with Gasteiger partial charge in [-0.05, 0) is 37.1 Å². The molecular formula is C23H21N3O5. The third kappa shape index (κ3) is 2.64. The molecule has 0 radical (unpaired) electrons. The molecule has 3 N–H and O–H groups in total. The van der Waals surface area contributed by atoms with E-state index in [2.05, 4.69) is 10.6 Å². The lowest BCUT2D eigenvalue weighted by molar-refractivity contribution is -0.137. The van der Waals surface area contributed by atoms with E-state index in [1.807, 2.05) is 13.0 Å². The van der Waals surface area contributed by atoms with E-state index in [-0.39, 0.29) is 12.8 Å². The van der Waals surface area contributed by atoms with Gasteiger partial charge in [0.15, 0.2) is 0 Å². The van der Waals surface area contributed by atoms with Crippen LogP contribution in [0.3, 0.4) is 0 Å². The predicted octanol–water partition coefficient (Wildman–Crippen LogP) is 1.78. The molecule has 3 heterocycles. The predicted molar refractivity (Wildman–Crippen MR) is 111 cm³/mol. The summed E-state index contributed by atoms with van der Waals surface area (Å²) in [7, 11) is 0. The molecule has 0 aliphatic carbocycles. The number of nitrogens with one attached hydrogen (secondary N) is 2. The fraction of sp³-hybridized carbons (Fsp3) is 0.304. The van der Waals surface area contributed by atoms with E-state index in [0.717, 1.165) is 10.5 Å². The van der Waals surface area contributed by atoms with Gasteiger partial charge >= 0.3 is 5.97 Å². The Morgan fingerprint density at radius 3 is 2.61 bits per heavy atom. The molecule has 2 fully saturated rings. The maximum absolute atomic E-state index is 13.7. The molecule has 0 aromatic heterocycles. The van der Waals surface area contributed by atoms with Gasteiger partial charge < -0.3 is 10.4 Å². The molecule has 158 valence electrons. The van der Waals surface area contributed by atoms with Crippen LogP contribution >= 0.6 is 0 Å². The van der Waals surface area contributed by atoms with Crippen LogP contribution in [0, 0.1) is 18.8 Å². The second-order valence-electron chi connectivity index (χ2n) is 8.35. The first-order chi connectivity index (χ1) is 14.8. The van der Waals surface area contributed by atoms with Gasteiger partial charge in [-0.3, -0.25) is 24.5 Å². The molecule has 4 atom stereocenters. The molecule has 1 spiro atoms. The van der Waals surface area contributed by atoms with Crippen molar-refractivity contribution < 1.29 is 24.3 Å². The Morgan fingerprint density at radius 2 is 1.87 bits per heavy atom. The van der Waals surface area contributed by atoms with Crippen LogP contribution in [0.2, 0.25) is 0 Å². The number of carboxylic acid groups (broad SMARTS) is 1. The van der Waals surface area contributed by atoms with Crippen LogP contribution in [-0.4, -0.2) is 34.8 Å². The van der Waals surface area contributed by atoms with Crippen molar-refractivity contribution in [3.63, 3.8) is 0 Å². The van der Waals surface area contributed by atoms with Crippen molar-refractivity contribution in [1.29, 1.82) is 0 Å². The van der Waals surface area contributed by atoms with Crippen molar-refractivity contribution in [1.82, 2.24) is 5.32 Å². The number of carbonyl (C=O) groups excluding carboxylic acids is 3. The normalized spacial score (nSPS) is 28.7. The molecule has 4 unspecified atom stereocenters. The Bertz CT molecular complexity index is 1150. The molecule has 0 saturated carbocycles. The zero-order chi connectivity index (χ0) is 21.9. The molecule has 31 heavy (non-hydrogen) atoms. The van der Waals surface area contributed by atoms with E-state index >= 15 is 0 Å². The molecule has 8 nitrogen and oxygen atoms in total. The number of carbonyl (C=O) groups is 4. The highest BCUT2D eigenvalue weighted by Gasteiger charge is 2.70. The Hall–Kier alpha value is -3.52. The Morgan fingerprint density at radius 1 is 1.10 bits per heavy atom. The summed E-state index contributed by atoms with van der Waals surface area (Å²) in [5.41, 5.74) is 1.15. The van der Waals surface area contributed by atoms with Crippen molar-refractivity contribution in [2.45, 2.75) is 31.3 Å². The summed E-state index contributed by atoms with van der Waals surface area (Å²) >= 11 is 0. The van der Waals surface area contributed by atoms with Crippen LogP contribution in [0.4, 0.5) is 11.4 Å². The number of benzene rings is 2. The molecule has 3 aliphatic rings. The number of nitrogens with zero attached hydrogens (tertiary/aromatic N) is 1. The molecule has 3 amide bonds. The van der Waals surface area contributed by atoms with Crippen LogP contribution in [0.5, 0.6) is 0 Å². The van der Waals surface area contributed by atoms with Gasteiger partial charge in [-0.25, -0.2) is 4.90 Å². The number of rotatable bonds is 4. The summed E-state index contributed by atoms with van der Waals surface area (Å²) in [6.45, 7) is 1.87. The second kappa shape index (κ2) is 6.75. The summed E-state index contributed by atoms with van der Waals surface area (Å²) in [5.74, 6) is -4.03. The average Bonchev–Trinajstić information content (AvgIpc) is 3.31. The molecule has 3 aliphatic heterocycles. The summed E-state index contributed by atoms with van der Waals surface area (Å²) < 4.78 is 0. The van der Waals surface area contributed by atoms with E-state index in [9.17, 15) is 24.3 Å². The number of hydrogen-bond acceptors (Lipinski definition) is 5. The quantitative estimate of drug-likeness (QED) is 0.651. The van der Waals surface area contributed by atoms with Gasteiger partial charge in [0.2, 0.25) is 17.7 Å².